The van der Waals surface area contributed by atoms with Crippen molar-refractivity contribution in [2.75, 3.05) is 13.6 Å². The van der Waals surface area contributed by atoms with Gasteiger partial charge in [-0.25, -0.2) is 0 Å². The number of unbranched alkanes of at least 4 members (excludes halogenated alkanes) is 2. The molecule has 0 spiro atoms. The molecule has 0 aromatic carbocycles. The first kappa shape index (κ1) is 20.0. The molecule has 0 amide bonds. The Morgan fingerprint density at radius 2 is 1.73 bits per heavy atom. The molecule has 4 atom stereocenters. The van der Waals surface area contributed by atoms with E-state index in [0.717, 1.165) is 23.7 Å². The molecule has 1 nitrogen and oxygen atoms in total. The van der Waals surface area contributed by atoms with Crippen molar-refractivity contribution in [1.29, 1.82) is 0 Å². The van der Waals surface area contributed by atoms with Gasteiger partial charge in [0, 0.05) is 0 Å². The zero-order chi connectivity index (χ0) is 16.2. The summed E-state index contributed by atoms with van der Waals surface area (Å²) in [5, 5.41) is 3.33. The molecule has 0 aliphatic heterocycles. The monoisotopic (exact) mass is 309 g/mol. The van der Waals surface area contributed by atoms with E-state index >= 15 is 0 Å². The average Bonchev–Trinajstić information content (AvgIpc) is 2.58. The molecule has 1 heteroatoms. The van der Waals surface area contributed by atoms with Gasteiger partial charge in [0.15, 0.2) is 0 Å². The minimum Gasteiger partial charge on any atom is -0.320 e. The molecule has 0 aromatic heterocycles. The van der Waals surface area contributed by atoms with Crippen molar-refractivity contribution in [1.82, 2.24) is 5.32 Å². The van der Waals surface area contributed by atoms with Crippen molar-refractivity contribution in [3.05, 3.63) is 0 Å². The summed E-state index contributed by atoms with van der Waals surface area (Å²) in [4.78, 5) is 0. The van der Waals surface area contributed by atoms with Crippen LogP contribution in [-0.4, -0.2) is 13.6 Å². The minimum atomic E-state index is 0.951. The largest absolute Gasteiger partial charge is 0.320 e. The summed E-state index contributed by atoms with van der Waals surface area (Å²) in [5.41, 5.74) is 0. The Hall–Kier alpha value is -0.0400. The molecule has 0 saturated heterocycles. The lowest BCUT2D eigenvalue weighted by Crippen LogP contribution is -2.17. The molecule has 1 rings (SSSR count). The van der Waals surface area contributed by atoms with Crippen LogP contribution >= 0.6 is 0 Å². The molecular weight excluding hydrogens is 266 g/mol. The van der Waals surface area contributed by atoms with Crippen LogP contribution < -0.4 is 5.32 Å². The lowest BCUT2D eigenvalue weighted by atomic mass is 9.79. The fourth-order valence-corrected chi connectivity index (χ4v) is 4.62. The van der Waals surface area contributed by atoms with Crippen LogP contribution in [0.15, 0.2) is 0 Å². The molecule has 0 bridgehead atoms. The van der Waals surface area contributed by atoms with Crippen molar-refractivity contribution in [2.45, 2.75) is 97.8 Å². The Morgan fingerprint density at radius 3 is 2.41 bits per heavy atom. The van der Waals surface area contributed by atoms with Gasteiger partial charge in [0.2, 0.25) is 0 Å². The van der Waals surface area contributed by atoms with Crippen LogP contribution in [0.4, 0.5) is 0 Å². The van der Waals surface area contributed by atoms with Crippen molar-refractivity contribution in [3.8, 4) is 0 Å². The zero-order valence-corrected chi connectivity index (χ0v) is 16.0. The van der Waals surface area contributed by atoms with Crippen LogP contribution in [-0.2, 0) is 0 Å². The molecule has 1 aliphatic carbocycles. The van der Waals surface area contributed by atoms with E-state index in [1.807, 2.05) is 0 Å². The van der Waals surface area contributed by atoms with Gasteiger partial charge >= 0.3 is 0 Å². The highest BCUT2D eigenvalue weighted by Crippen LogP contribution is 2.37. The predicted octanol–water partition coefficient (Wildman–Crippen LogP) is 6.43. The maximum Gasteiger partial charge on any atom is -0.00518 e. The molecule has 132 valence electrons. The van der Waals surface area contributed by atoms with Gasteiger partial charge in [-0.05, 0) is 62.9 Å². The SMILES string of the molecule is CCCCCC1CCCC(CC)CC(CCCNC)CC1C. The van der Waals surface area contributed by atoms with E-state index in [9.17, 15) is 0 Å². The van der Waals surface area contributed by atoms with E-state index < -0.39 is 0 Å². The van der Waals surface area contributed by atoms with Gasteiger partial charge in [0.05, 0.1) is 0 Å². The van der Waals surface area contributed by atoms with Gasteiger partial charge in [-0.3, -0.25) is 0 Å². The molecule has 1 aliphatic rings. The Balaban J connectivity index is 2.56. The van der Waals surface area contributed by atoms with E-state index in [4.69, 9.17) is 0 Å². The maximum absolute atomic E-state index is 3.33. The molecular formula is C21H43N. The van der Waals surface area contributed by atoms with Crippen LogP contribution in [0.3, 0.4) is 0 Å². The Labute approximate surface area is 141 Å². The number of rotatable bonds is 9. The third-order valence-corrected chi connectivity index (χ3v) is 6.16. The highest BCUT2D eigenvalue weighted by atomic mass is 14.8. The predicted molar refractivity (Wildman–Crippen MR) is 100 cm³/mol. The minimum absolute atomic E-state index is 0.951. The van der Waals surface area contributed by atoms with Gasteiger partial charge in [0.1, 0.15) is 0 Å². The molecule has 0 radical (unpaired) electrons. The summed E-state index contributed by atoms with van der Waals surface area (Å²) >= 11 is 0. The standard InChI is InChI=1S/C21H43N/c1-5-7-8-13-21-14-9-11-19(6-2)17-20(16-18(21)3)12-10-15-22-4/h18-22H,5-17H2,1-4H3. The third kappa shape index (κ3) is 7.99. The number of hydrogen-bond acceptors (Lipinski definition) is 1. The fourth-order valence-electron chi connectivity index (χ4n) is 4.62. The topological polar surface area (TPSA) is 12.0 Å². The smallest absolute Gasteiger partial charge is 0.00518 e. The molecule has 22 heavy (non-hydrogen) atoms. The first-order chi connectivity index (χ1) is 10.7. The quantitative estimate of drug-likeness (QED) is 0.484. The Morgan fingerprint density at radius 1 is 0.909 bits per heavy atom. The zero-order valence-electron chi connectivity index (χ0n) is 16.0. The van der Waals surface area contributed by atoms with Gasteiger partial charge in [-0.2, -0.15) is 0 Å². The lowest BCUT2D eigenvalue weighted by molar-refractivity contribution is 0.240. The van der Waals surface area contributed by atoms with E-state index in [1.54, 1.807) is 0 Å². The highest BCUT2D eigenvalue weighted by Gasteiger charge is 2.25. The van der Waals surface area contributed by atoms with Gasteiger partial charge in [0.25, 0.3) is 0 Å². The van der Waals surface area contributed by atoms with E-state index in [0.29, 0.717) is 0 Å². The van der Waals surface area contributed by atoms with Crippen molar-refractivity contribution in [2.24, 2.45) is 23.7 Å². The van der Waals surface area contributed by atoms with Crippen molar-refractivity contribution < 1.29 is 0 Å². The van der Waals surface area contributed by atoms with E-state index in [-0.39, 0.29) is 0 Å². The summed E-state index contributed by atoms with van der Waals surface area (Å²) in [6.07, 6.45) is 17.5. The van der Waals surface area contributed by atoms with Gasteiger partial charge in [-0.15, -0.1) is 0 Å². The maximum atomic E-state index is 3.33. The van der Waals surface area contributed by atoms with Crippen LogP contribution in [0.1, 0.15) is 97.8 Å². The molecule has 0 aromatic rings. The molecule has 0 heterocycles. The third-order valence-electron chi connectivity index (χ3n) is 6.16. The second kappa shape index (κ2) is 12.4. The van der Waals surface area contributed by atoms with Crippen LogP contribution in [0.5, 0.6) is 0 Å². The molecule has 1 fully saturated rings. The van der Waals surface area contributed by atoms with E-state index in [2.05, 4.69) is 33.1 Å². The Bertz CT molecular complexity index is 250. The number of nitrogens with one attached hydrogen (secondary N) is 1. The average molecular weight is 310 g/mol. The first-order valence-corrected chi connectivity index (χ1v) is 10.4. The fraction of sp³-hybridized carbons (Fsp3) is 1.00. The van der Waals surface area contributed by atoms with Crippen LogP contribution in [0.2, 0.25) is 0 Å². The van der Waals surface area contributed by atoms with Gasteiger partial charge in [-0.1, -0.05) is 72.1 Å². The van der Waals surface area contributed by atoms with Gasteiger partial charge < -0.3 is 5.32 Å². The first-order valence-electron chi connectivity index (χ1n) is 10.4. The summed E-state index contributed by atoms with van der Waals surface area (Å²) in [5.74, 6) is 3.95. The van der Waals surface area contributed by atoms with Crippen LogP contribution in [0, 0.1) is 23.7 Å². The van der Waals surface area contributed by atoms with Crippen molar-refractivity contribution in [3.63, 3.8) is 0 Å². The van der Waals surface area contributed by atoms with Crippen LogP contribution in [0.25, 0.3) is 0 Å². The van der Waals surface area contributed by atoms with Crippen molar-refractivity contribution >= 4 is 0 Å². The molecule has 1 saturated carbocycles. The summed E-state index contributed by atoms with van der Waals surface area (Å²) in [6.45, 7) is 8.50. The second-order valence-electron chi connectivity index (χ2n) is 8.02. The summed E-state index contributed by atoms with van der Waals surface area (Å²) in [6, 6.07) is 0. The van der Waals surface area contributed by atoms with E-state index in [1.165, 1.54) is 83.6 Å². The molecule has 4 unspecified atom stereocenters. The summed E-state index contributed by atoms with van der Waals surface area (Å²) < 4.78 is 0. The lowest BCUT2D eigenvalue weighted by Gasteiger charge is -2.27. The second-order valence-corrected chi connectivity index (χ2v) is 8.02. The Kier molecular flexibility index (Phi) is 11.3. The molecule has 1 N–H and O–H groups in total. The summed E-state index contributed by atoms with van der Waals surface area (Å²) in [7, 11) is 2.09. The number of hydrogen-bond donors (Lipinski definition) is 1. The highest BCUT2D eigenvalue weighted by molar-refractivity contribution is 4.77. The normalized spacial score (nSPS) is 30.5.